The van der Waals surface area contributed by atoms with Crippen molar-refractivity contribution in [1.82, 2.24) is 0 Å². The fraction of sp³-hybridized carbons (Fsp3) is 0.133. The molecular weight excluding hydrogens is 240 g/mol. The zero-order valence-electron chi connectivity index (χ0n) is 10.7. The van der Waals surface area contributed by atoms with Crippen LogP contribution in [0.2, 0.25) is 0 Å². The number of nitrogen functional groups attached to an aromatic ring is 1. The number of rotatable bonds is 4. The predicted octanol–water partition coefficient (Wildman–Crippen LogP) is 2.26. The first-order valence-electron chi connectivity index (χ1n) is 5.94. The normalized spacial score (nSPS) is 10.2. The van der Waals surface area contributed by atoms with Crippen LogP contribution in [0.1, 0.15) is 21.5 Å². The lowest BCUT2D eigenvalue weighted by Crippen LogP contribution is -2.11. The summed E-state index contributed by atoms with van der Waals surface area (Å²) in [6.45, 7) is 2.32. The summed E-state index contributed by atoms with van der Waals surface area (Å²) in [7, 11) is 0. The quantitative estimate of drug-likeness (QED) is 0.823. The molecule has 0 aliphatic heterocycles. The molecule has 0 aliphatic carbocycles. The number of hydrogen-bond acceptors (Lipinski definition) is 3. The van der Waals surface area contributed by atoms with Crippen LogP contribution in [-0.2, 0) is 6.61 Å². The highest BCUT2D eigenvalue weighted by molar-refractivity contribution is 5.93. The van der Waals surface area contributed by atoms with Crippen molar-refractivity contribution in [2.45, 2.75) is 13.5 Å². The van der Waals surface area contributed by atoms with E-state index in [1.165, 1.54) is 0 Å². The second-order valence-corrected chi connectivity index (χ2v) is 4.33. The van der Waals surface area contributed by atoms with Crippen molar-refractivity contribution in [3.63, 3.8) is 0 Å². The molecule has 2 rings (SSSR count). The molecule has 4 N–H and O–H groups in total. The van der Waals surface area contributed by atoms with E-state index in [2.05, 4.69) is 0 Å². The number of anilines is 1. The number of hydrogen-bond donors (Lipinski definition) is 2. The third-order valence-corrected chi connectivity index (χ3v) is 2.93. The first-order chi connectivity index (χ1) is 9.08. The molecule has 0 unspecified atom stereocenters. The summed E-state index contributed by atoms with van der Waals surface area (Å²) in [5.74, 6) is 0.226. The molecule has 0 saturated heterocycles. The Bertz CT molecular complexity index is 609. The predicted molar refractivity (Wildman–Crippen MR) is 74.9 cm³/mol. The van der Waals surface area contributed by atoms with E-state index in [-0.39, 0.29) is 0 Å². The summed E-state index contributed by atoms with van der Waals surface area (Å²) < 4.78 is 5.66. The van der Waals surface area contributed by atoms with Gasteiger partial charge in [-0.2, -0.15) is 0 Å². The molecule has 0 aliphatic rings. The lowest BCUT2D eigenvalue weighted by molar-refractivity contribution is 0.1000. The van der Waals surface area contributed by atoms with Crippen molar-refractivity contribution in [1.29, 1.82) is 0 Å². The van der Waals surface area contributed by atoms with Crippen molar-refractivity contribution in [2.75, 3.05) is 5.73 Å². The second-order valence-electron chi connectivity index (χ2n) is 4.33. The Morgan fingerprint density at radius 2 is 1.95 bits per heavy atom. The molecule has 19 heavy (non-hydrogen) atoms. The smallest absolute Gasteiger partial charge is 0.248 e. The van der Waals surface area contributed by atoms with Crippen molar-refractivity contribution in [3.8, 4) is 5.75 Å². The van der Waals surface area contributed by atoms with Crippen LogP contribution >= 0.6 is 0 Å². The third-order valence-electron chi connectivity index (χ3n) is 2.93. The lowest BCUT2D eigenvalue weighted by Gasteiger charge is -2.11. The Labute approximate surface area is 112 Å². The molecule has 0 aromatic heterocycles. The molecule has 98 valence electrons. The highest BCUT2D eigenvalue weighted by Gasteiger charge is 2.05. The first-order valence-corrected chi connectivity index (χ1v) is 5.94. The van der Waals surface area contributed by atoms with E-state index in [1.807, 2.05) is 31.2 Å². The second kappa shape index (κ2) is 5.44. The fourth-order valence-electron chi connectivity index (χ4n) is 1.78. The molecule has 0 bridgehead atoms. The molecule has 2 aromatic rings. The summed E-state index contributed by atoms with van der Waals surface area (Å²) in [6, 6.07) is 12.6. The molecular formula is C15H16N2O2. The summed E-state index contributed by atoms with van der Waals surface area (Å²) in [6.07, 6.45) is 0. The zero-order chi connectivity index (χ0) is 13.8. The summed E-state index contributed by atoms with van der Waals surface area (Å²) in [5, 5.41) is 0. The average molecular weight is 256 g/mol. The molecule has 2 aromatic carbocycles. The first kappa shape index (κ1) is 13.0. The number of carbonyl (C=O) groups excluding carboxylic acids is 1. The maximum absolute atomic E-state index is 11.1. The number of primary amides is 1. The van der Waals surface area contributed by atoms with Gasteiger partial charge in [0.2, 0.25) is 5.91 Å². The van der Waals surface area contributed by atoms with Crippen LogP contribution in [-0.4, -0.2) is 5.91 Å². The van der Waals surface area contributed by atoms with Gasteiger partial charge in [-0.25, -0.2) is 0 Å². The van der Waals surface area contributed by atoms with E-state index in [4.69, 9.17) is 16.2 Å². The van der Waals surface area contributed by atoms with E-state index >= 15 is 0 Å². The number of carbonyl (C=O) groups is 1. The Kier molecular flexibility index (Phi) is 3.71. The molecule has 4 nitrogen and oxygen atoms in total. The van der Waals surface area contributed by atoms with Crippen molar-refractivity contribution >= 4 is 11.6 Å². The highest BCUT2D eigenvalue weighted by Crippen LogP contribution is 2.22. The minimum Gasteiger partial charge on any atom is -0.487 e. The van der Waals surface area contributed by atoms with E-state index in [1.54, 1.807) is 18.2 Å². The summed E-state index contributed by atoms with van der Waals surface area (Å²) >= 11 is 0. The Hall–Kier alpha value is -2.49. The van der Waals surface area contributed by atoms with Crippen LogP contribution in [0.5, 0.6) is 5.75 Å². The summed E-state index contributed by atoms with van der Waals surface area (Å²) in [5.41, 5.74) is 14.1. The number of aryl methyl sites for hydroxylation is 1. The van der Waals surface area contributed by atoms with E-state index < -0.39 is 5.91 Å². The van der Waals surface area contributed by atoms with Gasteiger partial charge in [0.05, 0.1) is 5.69 Å². The van der Waals surface area contributed by atoms with Gasteiger partial charge in [-0.1, -0.05) is 18.2 Å². The van der Waals surface area contributed by atoms with Gasteiger partial charge in [0, 0.05) is 5.56 Å². The van der Waals surface area contributed by atoms with Gasteiger partial charge < -0.3 is 16.2 Å². The van der Waals surface area contributed by atoms with Gasteiger partial charge in [0.1, 0.15) is 12.4 Å². The summed E-state index contributed by atoms with van der Waals surface area (Å²) in [4.78, 5) is 11.1. The molecule has 0 spiro atoms. The van der Waals surface area contributed by atoms with Gasteiger partial charge in [-0.3, -0.25) is 4.79 Å². The van der Waals surface area contributed by atoms with Crippen LogP contribution in [0, 0.1) is 6.92 Å². The third kappa shape index (κ3) is 3.04. The maximum atomic E-state index is 11.1. The van der Waals surface area contributed by atoms with E-state index in [9.17, 15) is 4.79 Å². The molecule has 0 fully saturated rings. The Balaban J connectivity index is 2.12. The molecule has 0 radical (unpaired) electrons. The largest absolute Gasteiger partial charge is 0.487 e. The van der Waals surface area contributed by atoms with Crippen molar-refractivity contribution in [2.24, 2.45) is 5.73 Å². The van der Waals surface area contributed by atoms with Gasteiger partial charge in [0.15, 0.2) is 0 Å². The number of para-hydroxylation sites is 2. The number of nitrogens with two attached hydrogens (primary N) is 2. The van der Waals surface area contributed by atoms with Gasteiger partial charge >= 0.3 is 0 Å². The van der Waals surface area contributed by atoms with Crippen LogP contribution in [0.4, 0.5) is 5.69 Å². The van der Waals surface area contributed by atoms with Crippen LogP contribution in [0.15, 0.2) is 42.5 Å². The van der Waals surface area contributed by atoms with Crippen molar-refractivity contribution < 1.29 is 9.53 Å². The molecule has 1 amide bonds. The SMILES string of the molecule is Cc1cc(C(N)=O)ccc1COc1ccccc1N. The monoisotopic (exact) mass is 256 g/mol. The number of amides is 1. The van der Waals surface area contributed by atoms with Gasteiger partial charge in [0.25, 0.3) is 0 Å². The topological polar surface area (TPSA) is 78.3 Å². The molecule has 0 atom stereocenters. The van der Waals surface area contributed by atoms with E-state index in [0.717, 1.165) is 11.1 Å². The Morgan fingerprint density at radius 3 is 2.58 bits per heavy atom. The highest BCUT2D eigenvalue weighted by atomic mass is 16.5. The molecule has 0 heterocycles. The number of ether oxygens (including phenoxy) is 1. The zero-order valence-corrected chi connectivity index (χ0v) is 10.7. The minimum atomic E-state index is -0.428. The standard InChI is InChI=1S/C15H16N2O2/c1-10-8-11(15(17)18)6-7-12(10)9-19-14-5-3-2-4-13(14)16/h2-8H,9,16H2,1H3,(H2,17,18). The molecule has 4 heteroatoms. The van der Waals surface area contributed by atoms with Crippen LogP contribution < -0.4 is 16.2 Å². The maximum Gasteiger partial charge on any atom is 0.248 e. The average Bonchev–Trinajstić information content (AvgIpc) is 2.39. The van der Waals surface area contributed by atoms with Crippen molar-refractivity contribution in [3.05, 3.63) is 59.2 Å². The van der Waals surface area contributed by atoms with Crippen LogP contribution in [0.25, 0.3) is 0 Å². The van der Waals surface area contributed by atoms with E-state index in [0.29, 0.717) is 23.6 Å². The van der Waals surface area contributed by atoms with Gasteiger partial charge in [-0.05, 0) is 42.3 Å². The lowest BCUT2D eigenvalue weighted by atomic mass is 10.1. The van der Waals surface area contributed by atoms with Gasteiger partial charge in [-0.15, -0.1) is 0 Å². The Morgan fingerprint density at radius 1 is 1.21 bits per heavy atom. The molecule has 0 saturated carbocycles. The van der Waals surface area contributed by atoms with Crippen LogP contribution in [0.3, 0.4) is 0 Å². The fourth-order valence-corrected chi connectivity index (χ4v) is 1.78. The minimum absolute atomic E-state index is 0.402. The number of benzene rings is 2.